The van der Waals surface area contributed by atoms with Crippen LogP contribution in [0.3, 0.4) is 0 Å². The van der Waals surface area contributed by atoms with Crippen molar-refractivity contribution in [2.45, 2.75) is 44.8 Å². The van der Waals surface area contributed by atoms with Crippen LogP contribution in [0.25, 0.3) is 11.3 Å². The fourth-order valence-corrected chi connectivity index (χ4v) is 4.31. The van der Waals surface area contributed by atoms with Crippen molar-refractivity contribution >= 4 is 17.5 Å². The van der Waals surface area contributed by atoms with Gasteiger partial charge in [0.15, 0.2) is 5.76 Å². The van der Waals surface area contributed by atoms with E-state index in [1.54, 1.807) is 7.11 Å². The van der Waals surface area contributed by atoms with E-state index in [2.05, 4.69) is 5.16 Å². The van der Waals surface area contributed by atoms with Crippen molar-refractivity contribution in [2.75, 3.05) is 13.7 Å². The second-order valence-electron chi connectivity index (χ2n) is 7.48. The molecule has 1 aliphatic heterocycles. The number of methoxy groups -OCH3 is 1. The molecule has 1 saturated carbocycles. The van der Waals surface area contributed by atoms with Gasteiger partial charge in [0.1, 0.15) is 11.5 Å². The molecular weight excluding hydrogens is 384 g/mol. The molecule has 8 heteroatoms. The summed E-state index contributed by atoms with van der Waals surface area (Å²) in [7, 11) is 1.72. The highest BCUT2D eigenvalue weighted by Gasteiger charge is 2.33. The fourth-order valence-electron chi connectivity index (χ4n) is 4.15. The summed E-state index contributed by atoms with van der Waals surface area (Å²) in [5.74, 6) is 0.199. The lowest BCUT2D eigenvalue weighted by molar-refractivity contribution is -0.138. The van der Waals surface area contributed by atoms with Crippen LogP contribution < -0.4 is 0 Å². The van der Waals surface area contributed by atoms with Crippen LogP contribution in [0.1, 0.15) is 36.9 Å². The highest BCUT2D eigenvalue weighted by molar-refractivity contribution is 6.32. The number of carbonyl (C=O) groups excluding carboxylic acids is 1. The van der Waals surface area contributed by atoms with Gasteiger partial charge < -0.3 is 24.4 Å². The second kappa shape index (κ2) is 7.64. The molecule has 0 atom stereocenters. The first-order valence-electron chi connectivity index (χ1n) is 9.48. The van der Waals surface area contributed by atoms with Crippen molar-refractivity contribution in [2.24, 2.45) is 5.92 Å². The lowest BCUT2D eigenvalue weighted by Gasteiger charge is -2.33. The standard InChI is InChI=1S/C20H23ClN2O5/c1-27-12-4-2-11(3-5-12)20(26)23-7-6-16-14(10-23)19(28-22-16)13-8-15(21)18(25)9-17(13)24/h8-9,11-12,24-25H,2-7,10H2,1H3/t11-,12-. The maximum Gasteiger partial charge on any atom is 0.225 e. The highest BCUT2D eigenvalue weighted by atomic mass is 35.5. The molecule has 1 aromatic carbocycles. The zero-order chi connectivity index (χ0) is 19.8. The molecule has 2 heterocycles. The van der Waals surface area contributed by atoms with Crippen molar-refractivity contribution in [1.82, 2.24) is 10.1 Å². The van der Waals surface area contributed by atoms with E-state index in [1.807, 2.05) is 4.90 Å². The van der Waals surface area contributed by atoms with Gasteiger partial charge in [0.25, 0.3) is 0 Å². The number of nitrogens with zero attached hydrogens (tertiary/aromatic N) is 2. The summed E-state index contributed by atoms with van der Waals surface area (Å²) < 4.78 is 10.9. The number of halogens is 1. The van der Waals surface area contributed by atoms with Gasteiger partial charge in [0.05, 0.1) is 28.9 Å². The number of phenols is 2. The molecule has 2 N–H and O–H groups in total. The van der Waals surface area contributed by atoms with E-state index in [0.717, 1.165) is 36.9 Å². The molecule has 0 spiro atoms. The summed E-state index contributed by atoms with van der Waals surface area (Å²) in [6, 6.07) is 2.62. The average Bonchev–Trinajstić information content (AvgIpc) is 3.13. The summed E-state index contributed by atoms with van der Waals surface area (Å²) in [6.07, 6.45) is 4.35. The SMILES string of the molecule is CO[C@H]1CC[C@H](C(=O)N2CCc3noc(-c4cc(Cl)c(O)cc4O)c3C2)CC1. The van der Waals surface area contributed by atoms with Gasteiger partial charge >= 0.3 is 0 Å². The molecule has 1 amide bonds. The summed E-state index contributed by atoms with van der Waals surface area (Å²) >= 11 is 5.99. The Labute approximate surface area is 167 Å². The lowest BCUT2D eigenvalue weighted by Crippen LogP contribution is -2.41. The summed E-state index contributed by atoms with van der Waals surface area (Å²) in [4.78, 5) is 14.9. The maximum atomic E-state index is 13.0. The predicted molar refractivity (Wildman–Crippen MR) is 102 cm³/mol. The molecular formula is C20H23ClN2O5. The van der Waals surface area contributed by atoms with Crippen molar-refractivity contribution in [3.63, 3.8) is 0 Å². The second-order valence-corrected chi connectivity index (χ2v) is 7.88. The Bertz CT molecular complexity index is 889. The van der Waals surface area contributed by atoms with Crippen LogP contribution in [-0.2, 0) is 22.5 Å². The third-order valence-corrected chi connectivity index (χ3v) is 6.12. The van der Waals surface area contributed by atoms with Crippen LogP contribution in [0.5, 0.6) is 11.5 Å². The number of phenolic OH excluding ortho intramolecular Hbond substituents is 2. The molecule has 0 bridgehead atoms. The van der Waals surface area contributed by atoms with Gasteiger partial charge in [-0.1, -0.05) is 16.8 Å². The van der Waals surface area contributed by atoms with E-state index < -0.39 is 0 Å². The molecule has 0 saturated heterocycles. The number of hydrogen-bond acceptors (Lipinski definition) is 6. The minimum Gasteiger partial charge on any atom is -0.507 e. The molecule has 7 nitrogen and oxygen atoms in total. The molecule has 1 aliphatic carbocycles. The van der Waals surface area contributed by atoms with Gasteiger partial charge in [-0.2, -0.15) is 0 Å². The topological polar surface area (TPSA) is 96.0 Å². The van der Waals surface area contributed by atoms with Gasteiger partial charge in [0.2, 0.25) is 5.91 Å². The van der Waals surface area contributed by atoms with Crippen molar-refractivity contribution < 1.29 is 24.3 Å². The third kappa shape index (κ3) is 3.44. The summed E-state index contributed by atoms with van der Waals surface area (Å²) in [5.41, 5.74) is 1.92. The number of ether oxygens (including phenoxy) is 1. The number of amides is 1. The first kappa shape index (κ1) is 19.1. The number of hydrogen-bond donors (Lipinski definition) is 2. The van der Waals surface area contributed by atoms with Crippen LogP contribution in [0.15, 0.2) is 16.7 Å². The van der Waals surface area contributed by atoms with Crippen molar-refractivity contribution in [1.29, 1.82) is 0 Å². The number of rotatable bonds is 3. The Morgan fingerprint density at radius 2 is 2.00 bits per heavy atom. The summed E-state index contributed by atoms with van der Waals surface area (Å²) in [5, 5.41) is 24.1. The van der Waals surface area contributed by atoms with E-state index in [1.165, 1.54) is 12.1 Å². The van der Waals surface area contributed by atoms with Crippen LogP contribution in [0, 0.1) is 5.92 Å². The highest BCUT2D eigenvalue weighted by Crippen LogP contribution is 2.40. The van der Waals surface area contributed by atoms with E-state index in [-0.39, 0.29) is 34.5 Å². The lowest BCUT2D eigenvalue weighted by atomic mass is 9.86. The third-order valence-electron chi connectivity index (χ3n) is 5.82. The number of aromatic hydroxyl groups is 2. The Morgan fingerprint density at radius 3 is 2.71 bits per heavy atom. The Hall–Kier alpha value is -2.25. The van der Waals surface area contributed by atoms with Crippen LogP contribution >= 0.6 is 11.6 Å². The van der Waals surface area contributed by atoms with Gasteiger partial charge in [-0.05, 0) is 31.7 Å². The fraction of sp³-hybridized carbons (Fsp3) is 0.500. The zero-order valence-corrected chi connectivity index (χ0v) is 16.4. The Kier molecular flexibility index (Phi) is 5.21. The van der Waals surface area contributed by atoms with Crippen molar-refractivity contribution in [3.05, 3.63) is 28.4 Å². The summed E-state index contributed by atoms with van der Waals surface area (Å²) in [6.45, 7) is 0.986. The maximum absolute atomic E-state index is 13.0. The average molecular weight is 407 g/mol. The minimum absolute atomic E-state index is 0.0211. The largest absolute Gasteiger partial charge is 0.507 e. The predicted octanol–water partition coefficient (Wildman–Crippen LogP) is 3.50. The molecule has 1 aromatic heterocycles. The van der Waals surface area contributed by atoms with Crippen molar-refractivity contribution in [3.8, 4) is 22.8 Å². The van der Waals surface area contributed by atoms with E-state index in [9.17, 15) is 15.0 Å². The van der Waals surface area contributed by atoms with Crippen LogP contribution in [-0.4, -0.2) is 45.9 Å². The zero-order valence-electron chi connectivity index (χ0n) is 15.7. The normalized spacial score (nSPS) is 22.1. The molecule has 2 aliphatic rings. The van der Waals surface area contributed by atoms with E-state index >= 15 is 0 Å². The number of benzene rings is 1. The number of aromatic nitrogens is 1. The van der Waals surface area contributed by atoms with Gasteiger partial charge in [0, 0.05) is 37.6 Å². The van der Waals surface area contributed by atoms with Crippen LogP contribution in [0.4, 0.5) is 0 Å². The molecule has 150 valence electrons. The molecule has 0 unspecified atom stereocenters. The smallest absolute Gasteiger partial charge is 0.225 e. The molecule has 1 fully saturated rings. The van der Waals surface area contributed by atoms with E-state index in [4.69, 9.17) is 20.9 Å². The quantitative estimate of drug-likeness (QED) is 0.809. The number of carbonyl (C=O) groups is 1. The number of fused-ring (bicyclic) bond motifs is 1. The monoisotopic (exact) mass is 406 g/mol. The van der Waals surface area contributed by atoms with Gasteiger partial charge in [-0.15, -0.1) is 0 Å². The first-order chi connectivity index (χ1) is 13.5. The molecule has 2 aromatic rings. The van der Waals surface area contributed by atoms with Gasteiger partial charge in [-0.25, -0.2) is 0 Å². The van der Waals surface area contributed by atoms with Crippen LogP contribution in [0.2, 0.25) is 5.02 Å². The molecule has 28 heavy (non-hydrogen) atoms. The first-order valence-corrected chi connectivity index (χ1v) is 9.86. The molecule has 4 rings (SSSR count). The molecule has 0 radical (unpaired) electrons. The Balaban J connectivity index is 1.55. The Morgan fingerprint density at radius 1 is 1.25 bits per heavy atom. The van der Waals surface area contributed by atoms with E-state index in [0.29, 0.717) is 30.8 Å². The van der Waals surface area contributed by atoms with Gasteiger partial charge in [-0.3, -0.25) is 4.79 Å². The minimum atomic E-state index is -0.209.